The van der Waals surface area contributed by atoms with Crippen molar-refractivity contribution in [1.82, 2.24) is 4.98 Å². The van der Waals surface area contributed by atoms with Gasteiger partial charge in [-0.3, -0.25) is 4.79 Å². The predicted octanol–water partition coefficient (Wildman–Crippen LogP) is 5.19. The number of carbonyl (C=O) groups excluding carboxylic acids is 1. The quantitative estimate of drug-likeness (QED) is 0.488. The Hall–Kier alpha value is -3.93. The predicted molar refractivity (Wildman–Crippen MR) is 121 cm³/mol. The Kier molecular flexibility index (Phi) is 5.80. The number of fused-ring (bicyclic) bond motifs is 1. The number of amides is 1. The average molecular weight is 413 g/mol. The smallest absolute Gasteiger partial charge is 0.262 e. The summed E-state index contributed by atoms with van der Waals surface area (Å²) in [4.78, 5) is 22.2. The fourth-order valence-corrected chi connectivity index (χ4v) is 3.29. The zero-order valence-corrected chi connectivity index (χ0v) is 17.7. The fourth-order valence-electron chi connectivity index (χ4n) is 3.29. The molecule has 6 heteroatoms. The Morgan fingerprint density at radius 3 is 2.68 bits per heavy atom. The van der Waals surface area contributed by atoms with Crippen molar-refractivity contribution in [2.75, 3.05) is 12.4 Å². The maximum Gasteiger partial charge on any atom is 0.262 e. The summed E-state index contributed by atoms with van der Waals surface area (Å²) in [6.45, 7) is 3.95. The normalized spacial score (nSPS) is 11.5. The van der Waals surface area contributed by atoms with Gasteiger partial charge in [0.1, 0.15) is 11.4 Å². The molecule has 1 amide bonds. The number of hydrogen-bond acceptors (Lipinski definition) is 5. The van der Waals surface area contributed by atoms with Crippen LogP contribution >= 0.6 is 0 Å². The molecule has 0 unspecified atom stereocenters. The van der Waals surface area contributed by atoms with Crippen molar-refractivity contribution < 1.29 is 13.9 Å². The molecular formula is C25H23N3O3. The number of methoxy groups -OCH3 is 1. The van der Waals surface area contributed by atoms with E-state index in [9.17, 15) is 4.79 Å². The molecule has 1 N–H and O–H groups in total. The first-order valence-electron chi connectivity index (χ1n) is 10.1. The van der Waals surface area contributed by atoms with Crippen LogP contribution in [-0.4, -0.2) is 18.0 Å². The zero-order valence-electron chi connectivity index (χ0n) is 17.7. The summed E-state index contributed by atoms with van der Waals surface area (Å²) in [5.74, 6) is 0.690. The number of para-hydroxylation sites is 1. The van der Waals surface area contributed by atoms with E-state index in [1.165, 1.54) is 0 Å². The highest BCUT2D eigenvalue weighted by molar-refractivity contribution is 6.05. The van der Waals surface area contributed by atoms with Crippen molar-refractivity contribution in [2.24, 2.45) is 4.99 Å². The lowest BCUT2D eigenvalue weighted by Crippen LogP contribution is -2.22. The number of carbonyl (C=O) groups is 1. The van der Waals surface area contributed by atoms with Crippen LogP contribution in [0.25, 0.3) is 11.0 Å². The first-order valence-corrected chi connectivity index (χ1v) is 10.1. The van der Waals surface area contributed by atoms with Gasteiger partial charge in [-0.05, 0) is 55.3 Å². The Balaban J connectivity index is 1.88. The monoisotopic (exact) mass is 413 g/mol. The van der Waals surface area contributed by atoms with Crippen LogP contribution in [-0.2, 0) is 6.42 Å². The second-order valence-corrected chi connectivity index (χ2v) is 7.10. The highest BCUT2D eigenvalue weighted by Crippen LogP contribution is 2.25. The second-order valence-electron chi connectivity index (χ2n) is 7.10. The van der Waals surface area contributed by atoms with E-state index in [2.05, 4.69) is 22.2 Å². The topological polar surface area (TPSA) is 76.7 Å². The Morgan fingerprint density at radius 2 is 1.90 bits per heavy atom. The van der Waals surface area contributed by atoms with Crippen molar-refractivity contribution in [1.29, 1.82) is 0 Å². The molecule has 2 heterocycles. The number of aryl methyl sites for hydroxylation is 2. The first-order chi connectivity index (χ1) is 15.1. The van der Waals surface area contributed by atoms with Gasteiger partial charge in [-0.25, -0.2) is 9.98 Å². The van der Waals surface area contributed by atoms with Gasteiger partial charge < -0.3 is 14.5 Å². The largest absolute Gasteiger partial charge is 0.493 e. The number of rotatable bonds is 5. The third-order valence-corrected chi connectivity index (χ3v) is 4.88. The van der Waals surface area contributed by atoms with Gasteiger partial charge in [0.15, 0.2) is 11.3 Å². The molecule has 0 bridgehead atoms. The molecular weight excluding hydrogens is 390 g/mol. The molecule has 0 fully saturated rings. The molecule has 4 rings (SSSR count). The summed E-state index contributed by atoms with van der Waals surface area (Å²) >= 11 is 0. The maximum absolute atomic E-state index is 13.2. The molecule has 0 spiro atoms. The van der Waals surface area contributed by atoms with E-state index in [4.69, 9.17) is 9.15 Å². The van der Waals surface area contributed by atoms with E-state index in [1.54, 1.807) is 19.2 Å². The van der Waals surface area contributed by atoms with Gasteiger partial charge in [0.25, 0.3) is 5.91 Å². The minimum atomic E-state index is -0.350. The van der Waals surface area contributed by atoms with Crippen LogP contribution in [0.5, 0.6) is 5.75 Å². The summed E-state index contributed by atoms with van der Waals surface area (Å²) in [5, 5.41) is 3.58. The highest BCUT2D eigenvalue weighted by Gasteiger charge is 2.15. The molecule has 0 atom stereocenters. The standard InChI is InChI=1S/C25H23N3O3/c1-4-17-9-6-11-19(14-17)27-25-20(24(29)28-22-13-5-8-16(2)26-22)15-18-10-7-12-21(30-3)23(18)31-25/h5-15H,4H2,1-3H3,(H,26,28,29). The van der Waals surface area contributed by atoms with E-state index in [0.29, 0.717) is 28.4 Å². The van der Waals surface area contributed by atoms with Crippen molar-refractivity contribution in [3.63, 3.8) is 0 Å². The molecule has 6 nitrogen and oxygen atoms in total. The zero-order chi connectivity index (χ0) is 21.8. The lowest BCUT2D eigenvalue weighted by Gasteiger charge is -2.09. The van der Waals surface area contributed by atoms with Gasteiger partial charge in [0.05, 0.1) is 12.8 Å². The van der Waals surface area contributed by atoms with Crippen LogP contribution < -0.4 is 15.6 Å². The number of ether oxygens (including phenoxy) is 1. The van der Waals surface area contributed by atoms with Gasteiger partial charge >= 0.3 is 0 Å². The van der Waals surface area contributed by atoms with E-state index in [1.807, 2.05) is 61.5 Å². The first kappa shape index (κ1) is 20.3. The van der Waals surface area contributed by atoms with Crippen LogP contribution in [0.1, 0.15) is 28.5 Å². The highest BCUT2D eigenvalue weighted by atomic mass is 16.5. The molecule has 2 aromatic carbocycles. The van der Waals surface area contributed by atoms with Crippen LogP contribution in [0.2, 0.25) is 0 Å². The van der Waals surface area contributed by atoms with Gasteiger partial charge in [-0.1, -0.05) is 37.3 Å². The van der Waals surface area contributed by atoms with E-state index >= 15 is 0 Å². The third kappa shape index (κ3) is 4.48. The number of nitrogens with zero attached hydrogens (tertiary/aromatic N) is 2. The number of hydrogen-bond donors (Lipinski definition) is 1. The number of aromatic nitrogens is 1. The van der Waals surface area contributed by atoms with Gasteiger partial charge in [-0.2, -0.15) is 0 Å². The van der Waals surface area contributed by atoms with Gasteiger partial charge in [0, 0.05) is 11.1 Å². The Bertz CT molecular complexity index is 1330. The minimum Gasteiger partial charge on any atom is -0.493 e. The fraction of sp³-hybridized carbons (Fsp3) is 0.160. The van der Waals surface area contributed by atoms with E-state index < -0.39 is 0 Å². The molecule has 4 aromatic rings. The molecule has 2 aromatic heterocycles. The summed E-state index contributed by atoms with van der Waals surface area (Å²) in [7, 11) is 1.58. The van der Waals surface area contributed by atoms with Gasteiger partial charge in [-0.15, -0.1) is 0 Å². The van der Waals surface area contributed by atoms with Crippen LogP contribution in [0.15, 0.2) is 76.1 Å². The third-order valence-electron chi connectivity index (χ3n) is 4.88. The molecule has 0 saturated heterocycles. The molecule has 0 aliphatic carbocycles. The summed E-state index contributed by atoms with van der Waals surface area (Å²) in [6.07, 6.45) is 0.887. The number of nitrogens with one attached hydrogen (secondary N) is 1. The summed E-state index contributed by atoms with van der Waals surface area (Å²) in [5.41, 5.74) is 3.71. The van der Waals surface area contributed by atoms with Crippen molar-refractivity contribution in [2.45, 2.75) is 20.3 Å². The van der Waals surface area contributed by atoms with Gasteiger partial charge in [0.2, 0.25) is 5.55 Å². The molecule has 156 valence electrons. The Morgan fingerprint density at radius 1 is 1.10 bits per heavy atom. The van der Waals surface area contributed by atoms with Crippen LogP contribution in [0, 0.1) is 6.92 Å². The minimum absolute atomic E-state index is 0.204. The Labute approximate surface area is 180 Å². The average Bonchev–Trinajstić information content (AvgIpc) is 2.78. The molecule has 0 aliphatic heterocycles. The molecule has 0 aliphatic rings. The number of pyridine rings is 1. The molecule has 0 saturated carbocycles. The van der Waals surface area contributed by atoms with Crippen molar-refractivity contribution in [3.05, 3.63) is 89.1 Å². The van der Waals surface area contributed by atoms with Crippen molar-refractivity contribution in [3.8, 4) is 5.75 Å². The maximum atomic E-state index is 13.2. The summed E-state index contributed by atoms with van der Waals surface area (Å²) in [6, 6.07) is 20.6. The number of benzene rings is 2. The molecule has 0 radical (unpaired) electrons. The lowest BCUT2D eigenvalue weighted by atomic mass is 10.1. The van der Waals surface area contributed by atoms with Crippen LogP contribution in [0.3, 0.4) is 0 Å². The second kappa shape index (κ2) is 8.83. The van der Waals surface area contributed by atoms with E-state index in [0.717, 1.165) is 23.1 Å². The number of anilines is 1. The SMILES string of the molecule is CCc1cccc(N=c2oc3c(OC)cccc3cc2C(=O)Nc2cccc(C)n2)c1. The molecule has 31 heavy (non-hydrogen) atoms. The van der Waals surface area contributed by atoms with Crippen molar-refractivity contribution >= 4 is 28.4 Å². The van der Waals surface area contributed by atoms with E-state index in [-0.39, 0.29) is 11.5 Å². The lowest BCUT2D eigenvalue weighted by molar-refractivity contribution is 0.102. The summed E-state index contributed by atoms with van der Waals surface area (Å²) < 4.78 is 11.5. The van der Waals surface area contributed by atoms with Crippen LogP contribution in [0.4, 0.5) is 11.5 Å².